The molecular weight excluding hydrogens is 999 g/mol. The number of hydrogen-bond donors (Lipinski definition) is 1. The fourth-order valence-corrected chi connectivity index (χ4v) is 14.0. The Bertz CT molecular complexity index is 3580. The van der Waals surface area contributed by atoms with E-state index in [1.807, 2.05) is 54.6 Å². The van der Waals surface area contributed by atoms with Crippen LogP contribution >= 0.6 is 0 Å². The van der Waals surface area contributed by atoms with Gasteiger partial charge in [-0.25, -0.2) is 0 Å². The Morgan fingerprint density at radius 1 is 0.617 bits per heavy atom. The molecule has 1 heterocycles. The minimum absolute atomic E-state index is 0.00220. The summed E-state index contributed by atoms with van der Waals surface area (Å²) in [7, 11) is 3.37. The summed E-state index contributed by atoms with van der Waals surface area (Å²) < 4.78 is 24.6. The monoisotopic (exact) mass is 1070 g/mol. The van der Waals surface area contributed by atoms with Crippen LogP contribution < -0.4 is 24.3 Å². The molecule has 12 rings (SSSR count). The molecule has 81 heavy (non-hydrogen) atoms. The van der Waals surface area contributed by atoms with E-state index in [0.717, 1.165) is 78.6 Å². The number of ether oxygens (including phenoxy) is 4. The maximum atomic E-state index is 13.8. The van der Waals surface area contributed by atoms with Crippen LogP contribution in [-0.4, -0.2) is 26.1 Å². The van der Waals surface area contributed by atoms with Crippen molar-refractivity contribution in [2.24, 2.45) is 17.8 Å². The van der Waals surface area contributed by atoms with Crippen molar-refractivity contribution in [3.05, 3.63) is 203 Å². The number of rotatable bonds is 15. The van der Waals surface area contributed by atoms with E-state index in [9.17, 15) is 9.59 Å². The zero-order valence-corrected chi connectivity index (χ0v) is 47.9. The molecule has 8 aromatic rings. The van der Waals surface area contributed by atoms with Gasteiger partial charge in [0.2, 0.25) is 5.91 Å². The second-order valence-electron chi connectivity index (χ2n) is 23.9. The van der Waals surface area contributed by atoms with Gasteiger partial charge in [0, 0.05) is 39.1 Å². The summed E-state index contributed by atoms with van der Waals surface area (Å²) >= 11 is 0. The van der Waals surface area contributed by atoms with Crippen molar-refractivity contribution in [1.82, 2.24) is 0 Å². The van der Waals surface area contributed by atoms with Gasteiger partial charge in [0.15, 0.2) is 5.60 Å². The summed E-state index contributed by atoms with van der Waals surface area (Å²) in [6.07, 6.45) is 17.8. The maximum absolute atomic E-state index is 13.8. The van der Waals surface area contributed by atoms with Crippen LogP contribution in [0.2, 0.25) is 0 Å². The second-order valence-corrected chi connectivity index (χ2v) is 23.9. The van der Waals surface area contributed by atoms with Gasteiger partial charge < -0.3 is 24.3 Å². The first-order valence-electron chi connectivity index (χ1n) is 29.7. The van der Waals surface area contributed by atoms with Gasteiger partial charge in [-0.2, -0.15) is 0 Å². The average molecular weight is 1070 g/mol. The molecule has 1 N–H and O–H groups in total. The van der Waals surface area contributed by atoms with Crippen LogP contribution in [0.4, 0.5) is 5.69 Å². The lowest BCUT2D eigenvalue weighted by Gasteiger charge is -2.38. The number of nitrogens with one attached hydrogen (secondary N) is 1. The van der Waals surface area contributed by atoms with E-state index in [1.165, 1.54) is 84.7 Å². The number of amides is 1. The molecule has 7 nitrogen and oxygen atoms in total. The van der Waals surface area contributed by atoms with Gasteiger partial charge in [0.1, 0.15) is 23.0 Å². The lowest BCUT2D eigenvalue weighted by Crippen LogP contribution is -2.35. The Hall–Kier alpha value is -7.90. The first kappa shape index (κ1) is 53.7. The third kappa shape index (κ3) is 10.3. The molecule has 7 heteroatoms. The van der Waals surface area contributed by atoms with E-state index in [2.05, 4.69) is 148 Å². The van der Waals surface area contributed by atoms with Crippen LogP contribution in [0, 0.1) is 24.7 Å². The third-order valence-corrected chi connectivity index (χ3v) is 18.7. The number of benzene rings is 8. The molecule has 1 amide bonds. The Labute approximate surface area is 478 Å². The summed E-state index contributed by atoms with van der Waals surface area (Å²) in [5, 5.41) is 5.43. The average Bonchev–Trinajstić information content (AvgIpc) is 3.95. The summed E-state index contributed by atoms with van der Waals surface area (Å²) in [5.74, 6) is 3.93. The number of carbonyl (C=O) groups is 2. The maximum Gasteiger partial charge on any atom is 0.314 e. The number of fused-ring (bicyclic) bond motifs is 8. The molecule has 1 aliphatic heterocycles. The number of methoxy groups -OCH3 is 2. The van der Waals surface area contributed by atoms with Crippen LogP contribution in [0.25, 0.3) is 50.2 Å². The number of anilines is 1. The molecule has 3 aliphatic carbocycles. The topological polar surface area (TPSA) is 83.1 Å². The highest BCUT2D eigenvalue weighted by Gasteiger charge is 2.44. The van der Waals surface area contributed by atoms with E-state index < -0.39 is 5.60 Å². The van der Waals surface area contributed by atoms with E-state index in [-0.39, 0.29) is 29.1 Å². The van der Waals surface area contributed by atoms with Crippen LogP contribution in [-0.2, 0) is 20.6 Å². The number of hydrogen-bond acceptors (Lipinski definition) is 6. The van der Waals surface area contributed by atoms with Crippen molar-refractivity contribution < 1.29 is 28.5 Å². The van der Waals surface area contributed by atoms with Crippen molar-refractivity contribution in [1.29, 1.82) is 0 Å². The standard InChI is InChI=1S/C74H75NO6/c1-7-8-9-12-48-15-17-49(18-16-48)50-19-21-51(22-20-50)52-27-35-61(36-28-52)80-72(77)54-25-23-53(24-26-54)71(76)75-58-34-41-62(47(2)45-58)55-29-42-67-66(46-55)68-63-13-10-11-14-64(63)70-65(69(68)73(67,3)4)43-44-74(81-70,56-30-37-59(78-5)38-31-56)57-32-39-60(79-6)40-33-57/h10-11,13-14,19-22,27-46,48-49,53-54H,7-9,12,15-18,23-26H2,1-6H3,(H,75,76). The predicted octanol–water partition coefficient (Wildman–Crippen LogP) is 18.4. The normalized spacial score (nSPS) is 19.4. The van der Waals surface area contributed by atoms with Crippen LogP contribution in [0.1, 0.15) is 143 Å². The van der Waals surface area contributed by atoms with Gasteiger partial charge in [-0.3, -0.25) is 9.59 Å². The molecule has 0 unspecified atom stereocenters. The minimum atomic E-state index is -0.917. The number of aryl methyl sites for hydroxylation is 1. The Morgan fingerprint density at radius 3 is 1.85 bits per heavy atom. The van der Waals surface area contributed by atoms with Crippen molar-refractivity contribution in [2.45, 2.75) is 122 Å². The molecule has 0 saturated heterocycles. The Balaban J connectivity index is 0.702. The summed E-state index contributed by atoms with van der Waals surface area (Å²) in [5.41, 5.74) is 14.6. The zero-order valence-electron chi connectivity index (χ0n) is 47.9. The fraction of sp³-hybridized carbons (Fsp3) is 0.324. The zero-order chi connectivity index (χ0) is 55.8. The van der Waals surface area contributed by atoms with Crippen molar-refractivity contribution in [3.63, 3.8) is 0 Å². The van der Waals surface area contributed by atoms with Gasteiger partial charge in [-0.15, -0.1) is 0 Å². The van der Waals surface area contributed by atoms with Gasteiger partial charge in [0.25, 0.3) is 0 Å². The SMILES string of the molecule is CCCCCC1CCC(c2ccc(-c3ccc(OC(=O)C4CCC(C(=O)Nc5ccc(-c6ccc7c(c6)-c6c(c8c(c9ccccc69)OC(c6ccc(OC)cc6)(c6ccc(OC)cc6)C=C8)C7(C)C)c(C)c5)CC4)cc3)cc2)CC1. The van der Waals surface area contributed by atoms with Crippen LogP contribution in [0.15, 0.2) is 164 Å². The smallest absolute Gasteiger partial charge is 0.314 e. The molecule has 2 fully saturated rings. The highest BCUT2D eigenvalue weighted by Crippen LogP contribution is 2.59. The van der Waals surface area contributed by atoms with Crippen LogP contribution in [0.3, 0.4) is 0 Å². The lowest BCUT2D eigenvalue weighted by atomic mass is 9.76. The number of carbonyl (C=O) groups excluding carboxylic acids is 2. The fourth-order valence-electron chi connectivity index (χ4n) is 14.0. The minimum Gasteiger partial charge on any atom is -0.497 e. The Morgan fingerprint density at radius 2 is 1.22 bits per heavy atom. The molecule has 0 spiro atoms. The molecule has 2 saturated carbocycles. The molecule has 0 bridgehead atoms. The molecule has 4 aliphatic rings. The van der Waals surface area contributed by atoms with E-state index >= 15 is 0 Å². The predicted molar refractivity (Wildman–Crippen MR) is 329 cm³/mol. The molecule has 0 atom stereocenters. The van der Waals surface area contributed by atoms with Gasteiger partial charge in [-0.05, 0) is 192 Å². The van der Waals surface area contributed by atoms with Gasteiger partial charge >= 0.3 is 5.97 Å². The van der Waals surface area contributed by atoms with Gasteiger partial charge in [0.05, 0.1) is 20.1 Å². The van der Waals surface area contributed by atoms with Crippen LogP contribution in [0.5, 0.6) is 23.0 Å². The number of esters is 1. The summed E-state index contributed by atoms with van der Waals surface area (Å²) in [6, 6.07) is 55.1. The number of unbranched alkanes of at least 4 members (excludes halogenated alkanes) is 2. The summed E-state index contributed by atoms with van der Waals surface area (Å²) in [4.78, 5) is 27.2. The van der Waals surface area contributed by atoms with Crippen molar-refractivity contribution in [3.8, 4) is 56.4 Å². The van der Waals surface area contributed by atoms with E-state index in [1.54, 1.807) is 14.2 Å². The Kier molecular flexibility index (Phi) is 15.0. The molecular formula is C74H75NO6. The van der Waals surface area contributed by atoms with E-state index in [4.69, 9.17) is 18.9 Å². The quantitative estimate of drug-likeness (QED) is 0.0626. The molecule has 412 valence electrons. The second kappa shape index (κ2) is 22.6. The molecule has 0 radical (unpaired) electrons. The first-order chi connectivity index (χ1) is 39.4. The van der Waals surface area contributed by atoms with E-state index in [0.29, 0.717) is 37.4 Å². The largest absolute Gasteiger partial charge is 0.497 e. The lowest BCUT2D eigenvalue weighted by molar-refractivity contribution is -0.141. The summed E-state index contributed by atoms with van der Waals surface area (Å²) in [6.45, 7) is 9.06. The van der Waals surface area contributed by atoms with Gasteiger partial charge in [-0.1, -0.05) is 156 Å². The first-order valence-corrected chi connectivity index (χ1v) is 29.7. The third-order valence-electron chi connectivity index (χ3n) is 18.7. The highest BCUT2D eigenvalue weighted by atomic mass is 16.5. The highest BCUT2D eigenvalue weighted by molar-refractivity contribution is 6.09. The molecule has 0 aromatic heterocycles. The molecule has 8 aromatic carbocycles. The van der Waals surface area contributed by atoms with Crippen molar-refractivity contribution in [2.75, 3.05) is 19.5 Å². The van der Waals surface area contributed by atoms with Crippen molar-refractivity contribution >= 4 is 34.4 Å².